The Morgan fingerprint density at radius 3 is 2.29 bits per heavy atom. The van der Waals surface area contributed by atoms with Gasteiger partial charge in [0.15, 0.2) is 0 Å². The Balaban J connectivity index is 2.81. The Kier molecular flexibility index (Phi) is 3.42. The highest BCUT2D eigenvalue weighted by atomic mass is 17.2. The first-order valence-electron chi connectivity index (χ1n) is 2.20. The summed E-state index contributed by atoms with van der Waals surface area (Å²) in [7, 11) is 0. The molecule has 0 aliphatic heterocycles. The summed E-state index contributed by atoms with van der Waals surface area (Å²) in [5, 5.41) is 0. The molecule has 42 valence electrons. The van der Waals surface area contributed by atoms with Gasteiger partial charge >= 0.3 is 0 Å². The third-order valence-corrected chi connectivity index (χ3v) is 0.316. The van der Waals surface area contributed by atoms with Gasteiger partial charge in [-0.3, -0.25) is 0 Å². The summed E-state index contributed by atoms with van der Waals surface area (Å²) in [5.74, 6) is 0. The van der Waals surface area contributed by atoms with Crippen LogP contribution >= 0.6 is 0 Å². The first kappa shape index (κ1) is 6.50. The lowest BCUT2D eigenvalue weighted by atomic mass is 10.5. The number of rotatable bonds is 3. The molecule has 0 atom stereocenters. The first-order valence-corrected chi connectivity index (χ1v) is 2.20. The predicted molar refractivity (Wildman–Crippen MR) is 27.5 cm³/mol. The van der Waals surface area contributed by atoms with Crippen LogP contribution < -0.4 is 0 Å². The van der Waals surface area contributed by atoms with Crippen LogP contribution in [-0.2, 0) is 9.78 Å². The second-order valence-corrected chi connectivity index (χ2v) is 1.41. The van der Waals surface area contributed by atoms with Crippen molar-refractivity contribution < 1.29 is 9.78 Å². The molecule has 0 rings (SSSR count). The predicted octanol–water partition coefficient (Wildman–Crippen LogP) is 1.49. The fourth-order valence-corrected chi connectivity index (χ4v) is 0.150. The molecule has 0 bridgehead atoms. The van der Waals surface area contributed by atoms with Gasteiger partial charge in [-0.15, -0.1) is 0 Å². The zero-order valence-corrected chi connectivity index (χ0v) is 4.68. The molecule has 0 radical (unpaired) electrons. The van der Waals surface area contributed by atoms with Crippen LogP contribution in [0, 0.1) is 0 Å². The van der Waals surface area contributed by atoms with Crippen LogP contribution in [-0.4, -0.2) is 6.10 Å². The lowest BCUT2D eigenvalue weighted by Crippen LogP contribution is -1.98. The minimum Gasteiger partial charge on any atom is -0.346 e. The average molecular weight is 102 g/mol. The van der Waals surface area contributed by atoms with Gasteiger partial charge < -0.3 is 4.89 Å². The monoisotopic (exact) mass is 102 g/mol. The number of hydrogen-bond donors (Lipinski definition) is 0. The third kappa shape index (κ3) is 5.50. The van der Waals surface area contributed by atoms with Crippen LogP contribution in [0.15, 0.2) is 12.8 Å². The summed E-state index contributed by atoms with van der Waals surface area (Å²) in [6.45, 7) is 7.04. The van der Waals surface area contributed by atoms with E-state index in [9.17, 15) is 0 Å². The van der Waals surface area contributed by atoms with Gasteiger partial charge in [-0.1, -0.05) is 6.58 Å². The SMILES string of the molecule is C=COOC(C)C. The third-order valence-electron chi connectivity index (χ3n) is 0.316. The zero-order chi connectivity index (χ0) is 5.70. The topological polar surface area (TPSA) is 18.5 Å². The normalized spacial score (nSPS) is 9.00. The van der Waals surface area contributed by atoms with Crippen molar-refractivity contribution in [2.24, 2.45) is 0 Å². The summed E-state index contributed by atoms with van der Waals surface area (Å²) >= 11 is 0. The molecule has 0 amide bonds. The maximum absolute atomic E-state index is 4.57. The standard InChI is InChI=1S/C5H10O2/c1-4-6-7-5(2)3/h4-5H,1H2,2-3H3. The Labute approximate surface area is 43.7 Å². The zero-order valence-electron chi connectivity index (χ0n) is 4.68. The van der Waals surface area contributed by atoms with E-state index in [-0.39, 0.29) is 6.10 Å². The van der Waals surface area contributed by atoms with Crippen molar-refractivity contribution in [1.82, 2.24) is 0 Å². The van der Waals surface area contributed by atoms with Crippen LogP contribution in [0.2, 0.25) is 0 Å². The molecule has 2 heteroatoms. The van der Waals surface area contributed by atoms with E-state index < -0.39 is 0 Å². The molecule has 0 saturated carbocycles. The van der Waals surface area contributed by atoms with Crippen LogP contribution in [0.3, 0.4) is 0 Å². The Morgan fingerprint density at radius 1 is 1.57 bits per heavy atom. The fraction of sp³-hybridized carbons (Fsp3) is 0.600. The smallest absolute Gasteiger partial charge is 0.122 e. The first-order chi connectivity index (χ1) is 3.27. The van der Waals surface area contributed by atoms with Crippen molar-refractivity contribution in [2.75, 3.05) is 0 Å². The molecule has 2 nitrogen and oxygen atoms in total. The van der Waals surface area contributed by atoms with Crippen LogP contribution in [0.4, 0.5) is 0 Å². The molecule has 0 N–H and O–H groups in total. The highest BCUT2D eigenvalue weighted by Gasteiger charge is 1.87. The van der Waals surface area contributed by atoms with Crippen molar-refractivity contribution in [3.05, 3.63) is 12.8 Å². The summed E-state index contributed by atoms with van der Waals surface area (Å²) in [6, 6.07) is 0. The van der Waals surface area contributed by atoms with Crippen molar-refractivity contribution in [2.45, 2.75) is 20.0 Å². The second-order valence-electron chi connectivity index (χ2n) is 1.41. The molecule has 0 aromatic heterocycles. The van der Waals surface area contributed by atoms with Gasteiger partial charge in [-0.05, 0) is 13.8 Å². The van der Waals surface area contributed by atoms with Gasteiger partial charge in [0.2, 0.25) is 0 Å². The number of hydrogen-bond acceptors (Lipinski definition) is 2. The van der Waals surface area contributed by atoms with E-state index in [0.29, 0.717) is 0 Å². The summed E-state index contributed by atoms with van der Waals surface area (Å²) in [4.78, 5) is 8.93. The quantitative estimate of drug-likeness (QED) is 0.305. The maximum atomic E-state index is 4.57. The molecular formula is C5H10O2. The molecule has 0 fully saturated rings. The van der Waals surface area contributed by atoms with E-state index >= 15 is 0 Å². The van der Waals surface area contributed by atoms with Crippen LogP contribution in [0.5, 0.6) is 0 Å². The van der Waals surface area contributed by atoms with Crippen molar-refractivity contribution >= 4 is 0 Å². The molecule has 0 heterocycles. The Bertz CT molecular complexity index is 50.0. The van der Waals surface area contributed by atoms with Gasteiger partial charge in [-0.2, -0.15) is 4.89 Å². The Hall–Kier alpha value is -0.500. The van der Waals surface area contributed by atoms with Gasteiger partial charge in [-0.25, -0.2) is 0 Å². The molecule has 0 aliphatic rings. The largest absolute Gasteiger partial charge is 0.346 e. The molecule has 0 spiro atoms. The minimum atomic E-state index is 0.109. The molecule has 0 aliphatic carbocycles. The summed E-state index contributed by atoms with van der Waals surface area (Å²) in [6.07, 6.45) is 1.36. The highest BCUT2D eigenvalue weighted by molar-refractivity contribution is 4.42. The van der Waals surface area contributed by atoms with Gasteiger partial charge in [0.05, 0.1) is 6.10 Å². The van der Waals surface area contributed by atoms with E-state index in [1.54, 1.807) is 0 Å². The van der Waals surface area contributed by atoms with E-state index in [2.05, 4.69) is 16.4 Å². The lowest BCUT2D eigenvalue weighted by Gasteiger charge is -2.00. The van der Waals surface area contributed by atoms with Crippen molar-refractivity contribution in [3.8, 4) is 0 Å². The molecule has 0 unspecified atom stereocenters. The maximum Gasteiger partial charge on any atom is 0.122 e. The van der Waals surface area contributed by atoms with E-state index in [0.717, 1.165) is 0 Å². The van der Waals surface area contributed by atoms with E-state index in [1.165, 1.54) is 6.26 Å². The van der Waals surface area contributed by atoms with Crippen molar-refractivity contribution in [3.63, 3.8) is 0 Å². The van der Waals surface area contributed by atoms with Crippen molar-refractivity contribution in [1.29, 1.82) is 0 Å². The Morgan fingerprint density at radius 2 is 2.14 bits per heavy atom. The van der Waals surface area contributed by atoms with E-state index in [4.69, 9.17) is 0 Å². The minimum absolute atomic E-state index is 0.109. The van der Waals surface area contributed by atoms with Crippen LogP contribution in [0.1, 0.15) is 13.8 Å². The van der Waals surface area contributed by atoms with Gasteiger partial charge in [0, 0.05) is 0 Å². The average Bonchev–Trinajstić information content (AvgIpc) is 1.61. The fourth-order valence-electron chi connectivity index (χ4n) is 0.150. The van der Waals surface area contributed by atoms with Gasteiger partial charge in [0.25, 0.3) is 0 Å². The molecule has 0 saturated heterocycles. The molecule has 0 aromatic carbocycles. The van der Waals surface area contributed by atoms with Crippen LogP contribution in [0.25, 0.3) is 0 Å². The second kappa shape index (κ2) is 3.68. The van der Waals surface area contributed by atoms with E-state index in [1.807, 2.05) is 13.8 Å². The lowest BCUT2D eigenvalue weighted by molar-refractivity contribution is -0.273. The summed E-state index contributed by atoms with van der Waals surface area (Å²) < 4.78 is 0. The summed E-state index contributed by atoms with van der Waals surface area (Å²) in [5.41, 5.74) is 0. The van der Waals surface area contributed by atoms with Gasteiger partial charge in [0.1, 0.15) is 6.26 Å². The highest BCUT2D eigenvalue weighted by Crippen LogP contribution is 1.86. The molecular weight excluding hydrogens is 92.1 g/mol. The molecule has 0 aromatic rings. The molecule has 7 heavy (non-hydrogen) atoms.